The first kappa shape index (κ1) is 10.8. The van der Waals surface area contributed by atoms with Crippen LogP contribution >= 0.6 is 0 Å². The molecule has 0 aliphatic carbocycles. The lowest BCUT2D eigenvalue weighted by Crippen LogP contribution is -2.21. The summed E-state index contributed by atoms with van der Waals surface area (Å²) in [5.41, 5.74) is 3.35. The molecule has 0 saturated heterocycles. The van der Waals surface area contributed by atoms with E-state index in [0.717, 1.165) is 23.0 Å². The molecule has 2 unspecified atom stereocenters. The molecule has 0 spiro atoms. The highest BCUT2D eigenvalue weighted by atomic mass is 16.3. The second-order valence-corrected chi connectivity index (χ2v) is 4.16. The lowest BCUT2D eigenvalue weighted by molar-refractivity contribution is 0.182. The van der Waals surface area contributed by atoms with E-state index in [9.17, 15) is 5.11 Å². The zero-order chi connectivity index (χ0) is 11.7. The molecule has 1 aliphatic rings. The molecular formula is C12H15N3O. The van der Waals surface area contributed by atoms with Gasteiger partial charge in [-0.3, -0.25) is 0 Å². The molecule has 4 N–H and O–H groups in total. The molecule has 2 rings (SSSR count). The van der Waals surface area contributed by atoms with Crippen molar-refractivity contribution in [1.82, 2.24) is 0 Å². The molecule has 1 aliphatic heterocycles. The Morgan fingerprint density at radius 1 is 1.56 bits per heavy atom. The molecule has 1 aromatic carbocycles. The Kier molecular flexibility index (Phi) is 2.75. The standard InChI is InChI=1S/C12H15N3O/c1-7-2-3-11-9(4-7)10(12(16)15-11)5-8(14)6-13/h2-4,6,10,12-16H,5H2,1H3. The number of aliphatic hydroxyl groups is 1. The summed E-state index contributed by atoms with van der Waals surface area (Å²) in [6.45, 7) is 2.00. The number of anilines is 1. The molecule has 0 saturated carbocycles. The van der Waals surface area contributed by atoms with Crippen LogP contribution in [0.15, 0.2) is 18.2 Å². The van der Waals surface area contributed by atoms with Crippen molar-refractivity contribution in [3.8, 4) is 0 Å². The molecule has 2 atom stereocenters. The molecule has 1 aromatic rings. The lowest BCUT2D eigenvalue weighted by Gasteiger charge is -2.14. The maximum Gasteiger partial charge on any atom is 0.131 e. The number of aliphatic hydroxyl groups excluding tert-OH is 1. The van der Waals surface area contributed by atoms with E-state index in [0.29, 0.717) is 6.42 Å². The summed E-state index contributed by atoms with van der Waals surface area (Å²) >= 11 is 0. The Balaban J connectivity index is 2.31. The van der Waals surface area contributed by atoms with E-state index in [2.05, 4.69) is 5.32 Å². The van der Waals surface area contributed by atoms with E-state index >= 15 is 0 Å². The summed E-state index contributed by atoms with van der Waals surface area (Å²) in [5.74, 6) is -0.121. The van der Waals surface area contributed by atoms with Crippen molar-refractivity contribution in [2.45, 2.75) is 25.5 Å². The van der Waals surface area contributed by atoms with Crippen LogP contribution in [0.2, 0.25) is 0 Å². The molecule has 4 heteroatoms. The minimum Gasteiger partial charge on any atom is -0.373 e. The summed E-state index contributed by atoms with van der Waals surface area (Å²) in [6, 6.07) is 5.96. The van der Waals surface area contributed by atoms with Crippen molar-refractivity contribution in [3.63, 3.8) is 0 Å². The van der Waals surface area contributed by atoms with Gasteiger partial charge in [-0.1, -0.05) is 17.7 Å². The van der Waals surface area contributed by atoms with Gasteiger partial charge in [-0.25, -0.2) is 0 Å². The number of rotatable bonds is 3. The summed E-state index contributed by atoms with van der Waals surface area (Å²) in [6.07, 6.45) is 0.770. The third-order valence-corrected chi connectivity index (χ3v) is 2.91. The maximum atomic E-state index is 9.86. The summed E-state index contributed by atoms with van der Waals surface area (Å²) < 4.78 is 0. The van der Waals surface area contributed by atoms with Crippen LogP contribution in [0.5, 0.6) is 0 Å². The third-order valence-electron chi connectivity index (χ3n) is 2.91. The van der Waals surface area contributed by atoms with Gasteiger partial charge in [0.1, 0.15) is 6.23 Å². The zero-order valence-electron chi connectivity index (χ0n) is 9.12. The van der Waals surface area contributed by atoms with Crippen molar-refractivity contribution >= 4 is 17.6 Å². The molecule has 0 bridgehead atoms. The number of hydrogen-bond donors (Lipinski definition) is 4. The van der Waals surface area contributed by atoms with Crippen LogP contribution in [-0.4, -0.2) is 23.3 Å². The van der Waals surface area contributed by atoms with Crippen molar-refractivity contribution in [2.75, 3.05) is 5.32 Å². The molecule has 1 heterocycles. The molecule has 0 aromatic heterocycles. The first-order chi connectivity index (χ1) is 7.61. The highest BCUT2D eigenvalue weighted by molar-refractivity contribution is 6.28. The molecule has 84 valence electrons. The van der Waals surface area contributed by atoms with Crippen LogP contribution in [-0.2, 0) is 0 Å². The fourth-order valence-corrected chi connectivity index (χ4v) is 2.07. The Morgan fingerprint density at radius 2 is 2.31 bits per heavy atom. The average molecular weight is 217 g/mol. The predicted octanol–water partition coefficient (Wildman–Crippen LogP) is 1.88. The van der Waals surface area contributed by atoms with Crippen LogP contribution in [0.1, 0.15) is 23.5 Å². The smallest absolute Gasteiger partial charge is 0.131 e. The molecular weight excluding hydrogens is 202 g/mol. The largest absolute Gasteiger partial charge is 0.373 e. The van der Waals surface area contributed by atoms with Crippen LogP contribution in [0.3, 0.4) is 0 Å². The van der Waals surface area contributed by atoms with Gasteiger partial charge in [0.25, 0.3) is 0 Å². The maximum absolute atomic E-state index is 9.86. The minimum absolute atomic E-state index is 0.121. The van der Waals surface area contributed by atoms with Crippen LogP contribution in [0.25, 0.3) is 0 Å². The highest BCUT2D eigenvalue weighted by Gasteiger charge is 2.30. The first-order valence-corrected chi connectivity index (χ1v) is 5.25. The predicted molar refractivity (Wildman–Crippen MR) is 64.7 cm³/mol. The SMILES string of the molecule is Cc1ccc2c(c1)C(CC(=N)C=N)C(O)N2. The molecule has 0 fully saturated rings. The third kappa shape index (κ3) is 1.84. The Bertz CT molecular complexity index is 442. The van der Waals surface area contributed by atoms with Gasteiger partial charge in [-0.05, 0) is 18.6 Å². The van der Waals surface area contributed by atoms with E-state index in [4.69, 9.17) is 10.8 Å². The average Bonchev–Trinajstić information content (AvgIpc) is 2.55. The molecule has 4 nitrogen and oxygen atoms in total. The van der Waals surface area contributed by atoms with E-state index in [1.54, 1.807) is 0 Å². The fraction of sp³-hybridized carbons (Fsp3) is 0.333. The zero-order valence-corrected chi connectivity index (χ0v) is 9.12. The van der Waals surface area contributed by atoms with E-state index in [1.165, 1.54) is 0 Å². The Morgan fingerprint density at radius 3 is 3.00 bits per heavy atom. The van der Waals surface area contributed by atoms with Gasteiger partial charge in [-0.2, -0.15) is 0 Å². The summed E-state index contributed by atoms with van der Waals surface area (Å²) in [4.78, 5) is 0. The highest BCUT2D eigenvalue weighted by Crippen LogP contribution is 2.37. The monoisotopic (exact) mass is 217 g/mol. The van der Waals surface area contributed by atoms with Gasteiger partial charge >= 0.3 is 0 Å². The van der Waals surface area contributed by atoms with Crippen molar-refractivity contribution in [1.29, 1.82) is 10.8 Å². The topological polar surface area (TPSA) is 80.0 Å². The Labute approximate surface area is 94.3 Å². The van der Waals surface area contributed by atoms with Crippen molar-refractivity contribution in [2.24, 2.45) is 0 Å². The number of fused-ring (bicyclic) bond motifs is 1. The van der Waals surface area contributed by atoms with Gasteiger partial charge in [-0.15, -0.1) is 0 Å². The van der Waals surface area contributed by atoms with E-state index in [-0.39, 0.29) is 11.6 Å². The fourth-order valence-electron chi connectivity index (χ4n) is 2.07. The lowest BCUT2D eigenvalue weighted by atomic mass is 9.93. The quantitative estimate of drug-likeness (QED) is 0.583. The molecule has 0 radical (unpaired) electrons. The van der Waals surface area contributed by atoms with Crippen molar-refractivity contribution < 1.29 is 5.11 Å². The number of aryl methyl sites for hydroxylation is 1. The van der Waals surface area contributed by atoms with Gasteiger partial charge in [0, 0.05) is 30.0 Å². The first-order valence-electron chi connectivity index (χ1n) is 5.25. The van der Waals surface area contributed by atoms with Crippen LogP contribution < -0.4 is 5.32 Å². The number of hydrogen-bond acceptors (Lipinski definition) is 4. The molecule has 0 amide bonds. The second-order valence-electron chi connectivity index (χ2n) is 4.16. The number of benzene rings is 1. The van der Waals surface area contributed by atoms with Crippen molar-refractivity contribution in [3.05, 3.63) is 29.3 Å². The van der Waals surface area contributed by atoms with E-state index in [1.807, 2.05) is 25.1 Å². The normalized spacial score (nSPS) is 22.4. The van der Waals surface area contributed by atoms with Crippen LogP contribution in [0.4, 0.5) is 5.69 Å². The minimum atomic E-state index is -0.655. The summed E-state index contributed by atoms with van der Waals surface area (Å²) in [5, 5.41) is 27.4. The van der Waals surface area contributed by atoms with Gasteiger partial charge in [0.15, 0.2) is 0 Å². The molecule has 16 heavy (non-hydrogen) atoms. The van der Waals surface area contributed by atoms with Gasteiger partial charge in [0.2, 0.25) is 0 Å². The second kappa shape index (κ2) is 4.06. The van der Waals surface area contributed by atoms with E-state index < -0.39 is 6.23 Å². The Hall–Kier alpha value is -1.68. The van der Waals surface area contributed by atoms with Gasteiger partial charge in [0.05, 0.1) is 0 Å². The number of nitrogens with one attached hydrogen (secondary N) is 3. The van der Waals surface area contributed by atoms with Crippen LogP contribution in [0, 0.1) is 17.7 Å². The summed E-state index contributed by atoms with van der Waals surface area (Å²) in [7, 11) is 0. The van der Waals surface area contributed by atoms with Gasteiger partial charge < -0.3 is 21.2 Å².